The molecule has 1 aromatic carbocycles. The van der Waals surface area contributed by atoms with Crippen LogP contribution in [0.25, 0.3) is 10.2 Å². The van der Waals surface area contributed by atoms with Crippen LogP contribution < -0.4 is 14.9 Å². The van der Waals surface area contributed by atoms with Gasteiger partial charge in [-0.05, 0) is 49.9 Å². The molecule has 1 saturated heterocycles. The van der Waals surface area contributed by atoms with Gasteiger partial charge in [-0.1, -0.05) is 6.07 Å². The quantitative estimate of drug-likeness (QED) is 0.549. The molecule has 0 radical (unpaired) electrons. The Hall–Kier alpha value is -2.76. The molecule has 3 aromatic rings. The normalized spacial score (nSPS) is 19.6. The number of amides is 1. The molecule has 1 fully saturated rings. The summed E-state index contributed by atoms with van der Waals surface area (Å²) >= 11 is 1.60. The minimum atomic E-state index is -3.39. The molecule has 11 heteroatoms. The number of rotatable bonds is 6. The summed E-state index contributed by atoms with van der Waals surface area (Å²) < 4.78 is 25.5. The summed E-state index contributed by atoms with van der Waals surface area (Å²) in [5, 5.41) is 6.02. The Bertz CT molecular complexity index is 1260. The molecule has 2 atom stereocenters. The molecule has 0 aliphatic carbocycles. The van der Waals surface area contributed by atoms with Gasteiger partial charge in [0.2, 0.25) is 15.9 Å². The van der Waals surface area contributed by atoms with Crippen LogP contribution >= 0.6 is 11.3 Å². The first-order valence-electron chi connectivity index (χ1n) is 10.7. The van der Waals surface area contributed by atoms with Crippen molar-refractivity contribution < 1.29 is 13.2 Å². The SMILES string of the molecule is Cc1ccc(NS(C)(=O)=O)cc1NC(=O)CN1CC(C)N(c2ncnc3sccc23)C(C)C1. The van der Waals surface area contributed by atoms with Crippen LogP contribution in [0.4, 0.5) is 17.2 Å². The smallest absolute Gasteiger partial charge is 0.238 e. The maximum Gasteiger partial charge on any atom is 0.238 e. The predicted molar refractivity (Wildman–Crippen MR) is 134 cm³/mol. The molecule has 2 N–H and O–H groups in total. The van der Waals surface area contributed by atoms with Crippen LogP contribution in [0.3, 0.4) is 0 Å². The predicted octanol–water partition coefficient (Wildman–Crippen LogP) is 2.91. The molecular formula is C22H28N6O3S2. The standard InChI is InChI=1S/C22H28N6O3S2/c1-14-5-6-17(26-33(4,30)31)9-19(14)25-20(29)12-27-10-15(2)28(16(3)11-27)21-18-7-8-32-22(18)24-13-23-21/h5-9,13,15-16,26H,10-12H2,1-4H3,(H,25,29). The number of hydrogen-bond acceptors (Lipinski definition) is 8. The van der Waals surface area contributed by atoms with Crippen molar-refractivity contribution in [2.24, 2.45) is 0 Å². The van der Waals surface area contributed by atoms with Gasteiger partial charge in [0.05, 0.1) is 23.9 Å². The minimum Gasteiger partial charge on any atom is -0.348 e. The lowest BCUT2D eigenvalue weighted by Crippen LogP contribution is -2.58. The number of fused-ring (bicyclic) bond motifs is 1. The summed E-state index contributed by atoms with van der Waals surface area (Å²) in [6.07, 6.45) is 2.71. The number of nitrogens with zero attached hydrogens (tertiary/aromatic N) is 4. The van der Waals surface area contributed by atoms with E-state index in [4.69, 9.17) is 0 Å². The van der Waals surface area contributed by atoms with Crippen LogP contribution in [0, 0.1) is 6.92 Å². The second kappa shape index (κ2) is 9.24. The molecular weight excluding hydrogens is 460 g/mol. The second-order valence-corrected chi connectivity index (χ2v) is 11.2. The third-order valence-corrected chi connectivity index (χ3v) is 7.09. The summed E-state index contributed by atoms with van der Waals surface area (Å²) in [4.78, 5) is 27.2. The molecule has 33 heavy (non-hydrogen) atoms. The van der Waals surface area contributed by atoms with Crippen LogP contribution in [-0.4, -0.2) is 67.2 Å². The number of sulfonamides is 1. The number of piperazine rings is 1. The van der Waals surface area contributed by atoms with Gasteiger partial charge in [-0.2, -0.15) is 0 Å². The Balaban J connectivity index is 1.42. The monoisotopic (exact) mass is 488 g/mol. The van der Waals surface area contributed by atoms with Crippen molar-refractivity contribution in [3.8, 4) is 0 Å². The molecule has 0 spiro atoms. The molecule has 1 aliphatic rings. The number of benzene rings is 1. The third kappa shape index (κ3) is 5.43. The van der Waals surface area contributed by atoms with E-state index in [1.165, 1.54) is 0 Å². The van der Waals surface area contributed by atoms with Gasteiger partial charge in [0.15, 0.2) is 0 Å². The molecule has 3 heterocycles. The molecule has 176 valence electrons. The van der Waals surface area contributed by atoms with E-state index in [9.17, 15) is 13.2 Å². The lowest BCUT2D eigenvalue weighted by molar-refractivity contribution is -0.117. The largest absolute Gasteiger partial charge is 0.348 e. The van der Waals surface area contributed by atoms with E-state index in [-0.39, 0.29) is 24.5 Å². The number of carbonyl (C=O) groups excluding carboxylic acids is 1. The summed E-state index contributed by atoms with van der Waals surface area (Å²) in [6.45, 7) is 7.86. The zero-order valence-electron chi connectivity index (χ0n) is 19.1. The first-order valence-corrected chi connectivity index (χ1v) is 13.4. The Morgan fingerprint density at radius 1 is 1.18 bits per heavy atom. The van der Waals surface area contributed by atoms with Gasteiger partial charge in [0.25, 0.3) is 0 Å². The van der Waals surface area contributed by atoms with Crippen molar-refractivity contribution in [3.05, 3.63) is 41.5 Å². The van der Waals surface area contributed by atoms with Crippen LogP contribution in [0.15, 0.2) is 36.0 Å². The van der Waals surface area contributed by atoms with E-state index < -0.39 is 10.0 Å². The fraction of sp³-hybridized carbons (Fsp3) is 0.409. The number of hydrogen-bond donors (Lipinski definition) is 2. The molecule has 2 aromatic heterocycles. The molecule has 2 unspecified atom stereocenters. The van der Waals surface area contributed by atoms with Crippen molar-refractivity contribution in [1.29, 1.82) is 0 Å². The van der Waals surface area contributed by atoms with Crippen molar-refractivity contribution in [2.45, 2.75) is 32.9 Å². The number of anilines is 3. The van der Waals surface area contributed by atoms with E-state index in [0.717, 1.165) is 40.9 Å². The number of aromatic nitrogens is 2. The lowest BCUT2D eigenvalue weighted by atomic mass is 10.1. The molecule has 1 aliphatic heterocycles. The molecule has 4 rings (SSSR count). The van der Waals surface area contributed by atoms with Crippen molar-refractivity contribution in [2.75, 3.05) is 40.8 Å². The van der Waals surface area contributed by atoms with Crippen LogP contribution in [0.1, 0.15) is 19.4 Å². The average Bonchev–Trinajstić information content (AvgIpc) is 3.18. The topological polar surface area (TPSA) is 108 Å². The van der Waals surface area contributed by atoms with Crippen molar-refractivity contribution >= 4 is 54.7 Å². The Labute approximate surface area is 197 Å². The number of thiophene rings is 1. The van der Waals surface area contributed by atoms with Crippen LogP contribution in [-0.2, 0) is 14.8 Å². The molecule has 9 nitrogen and oxygen atoms in total. The summed E-state index contributed by atoms with van der Waals surface area (Å²) in [5.41, 5.74) is 1.87. The Morgan fingerprint density at radius 2 is 1.91 bits per heavy atom. The average molecular weight is 489 g/mol. The van der Waals surface area contributed by atoms with Gasteiger partial charge in [0, 0.05) is 30.9 Å². The number of carbonyl (C=O) groups is 1. The van der Waals surface area contributed by atoms with Crippen molar-refractivity contribution in [3.63, 3.8) is 0 Å². The summed E-state index contributed by atoms with van der Waals surface area (Å²) in [6, 6.07) is 7.49. The fourth-order valence-corrected chi connectivity index (χ4v) is 5.67. The zero-order chi connectivity index (χ0) is 23.8. The maximum atomic E-state index is 12.8. The highest BCUT2D eigenvalue weighted by Crippen LogP contribution is 2.31. The highest BCUT2D eigenvalue weighted by atomic mass is 32.2. The van der Waals surface area contributed by atoms with Gasteiger partial charge in [-0.15, -0.1) is 11.3 Å². The Morgan fingerprint density at radius 3 is 2.61 bits per heavy atom. The number of nitrogens with one attached hydrogen (secondary N) is 2. The number of aryl methyl sites for hydroxylation is 1. The van der Waals surface area contributed by atoms with Gasteiger partial charge >= 0.3 is 0 Å². The highest BCUT2D eigenvalue weighted by molar-refractivity contribution is 7.92. The van der Waals surface area contributed by atoms with Crippen molar-refractivity contribution in [1.82, 2.24) is 14.9 Å². The molecule has 1 amide bonds. The minimum absolute atomic E-state index is 0.135. The van der Waals surface area contributed by atoms with Gasteiger partial charge in [-0.3, -0.25) is 14.4 Å². The molecule has 0 bridgehead atoms. The van der Waals surface area contributed by atoms with Crippen LogP contribution in [0.2, 0.25) is 0 Å². The van der Waals surface area contributed by atoms with Gasteiger partial charge in [0.1, 0.15) is 17.0 Å². The maximum absolute atomic E-state index is 12.8. The van der Waals surface area contributed by atoms with Gasteiger partial charge in [-0.25, -0.2) is 18.4 Å². The fourth-order valence-electron chi connectivity index (χ4n) is 4.39. The third-order valence-electron chi connectivity index (χ3n) is 5.66. The van der Waals surface area contributed by atoms with E-state index in [2.05, 4.69) is 49.7 Å². The second-order valence-electron chi connectivity index (χ2n) is 8.59. The van der Waals surface area contributed by atoms with E-state index in [1.54, 1.807) is 35.9 Å². The summed E-state index contributed by atoms with van der Waals surface area (Å²) in [7, 11) is -3.39. The Kier molecular flexibility index (Phi) is 6.55. The summed E-state index contributed by atoms with van der Waals surface area (Å²) in [5.74, 6) is 0.806. The lowest BCUT2D eigenvalue weighted by Gasteiger charge is -2.45. The first-order chi connectivity index (χ1) is 15.6. The highest BCUT2D eigenvalue weighted by Gasteiger charge is 2.32. The molecule has 0 saturated carbocycles. The van der Waals surface area contributed by atoms with E-state index in [0.29, 0.717) is 11.4 Å². The zero-order valence-corrected chi connectivity index (χ0v) is 20.7. The first kappa shape index (κ1) is 23.4. The van der Waals surface area contributed by atoms with E-state index >= 15 is 0 Å². The van der Waals surface area contributed by atoms with Gasteiger partial charge < -0.3 is 10.2 Å². The van der Waals surface area contributed by atoms with Crippen LogP contribution in [0.5, 0.6) is 0 Å². The van der Waals surface area contributed by atoms with E-state index in [1.807, 2.05) is 12.3 Å².